The maximum Gasteiger partial charge on any atom is 0.233 e. The number of nitrogens with two attached hydrogens (primary N) is 1. The fourth-order valence-corrected chi connectivity index (χ4v) is 1.90. The van der Waals surface area contributed by atoms with E-state index in [1.54, 1.807) is 7.11 Å². The van der Waals surface area contributed by atoms with Crippen LogP contribution in [0.1, 0.15) is 5.56 Å². The monoisotopic (exact) mass is 283 g/mol. The lowest BCUT2D eigenvalue weighted by atomic mass is 10.1. The molecule has 0 fully saturated rings. The van der Waals surface area contributed by atoms with Crippen molar-refractivity contribution < 1.29 is 9.53 Å². The number of benzene rings is 1. The summed E-state index contributed by atoms with van der Waals surface area (Å²) in [4.78, 5) is 14.2. The van der Waals surface area contributed by atoms with Gasteiger partial charge in [0.1, 0.15) is 5.75 Å². The minimum absolute atomic E-state index is 0. The molecule has 0 saturated carbocycles. The summed E-state index contributed by atoms with van der Waals surface area (Å²) >= 11 is 0. The van der Waals surface area contributed by atoms with Crippen LogP contribution in [-0.2, 0) is 11.2 Å². The molecule has 0 aliphatic heterocycles. The number of hydrogen-bond acceptors (Lipinski definition) is 3. The van der Waals surface area contributed by atoms with Crippen LogP contribution in [0.3, 0.4) is 0 Å². The van der Waals surface area contributed by atoms with Crippen LogP contribution in [0, 0.1) is 0 Å². The van der Waals surface area contributed by atoms with Gasteiger partial charge in [-0.25, -0.2) is 0 Å². The highest BCUT2D eigenvalue weighted by atomic mass is 35.5. The molecule has 0 aliphatic carbocycles. The summed E-state index contributed by atoms with van der Waals surface area (Å²) < 4.78 is 5.21. The molecule has 0 radical (unpaired) electrons. The van der Waals surface area contributed by atoms with E-state index in [9.17, 15) is 4.79 Å². The Bertz CT molecular complexity index is 554. The zero-order chi connectivity index (χ0) is 13.0. The Morgan fingerprint density at radius 2 is 2.26 bits per heavy atom. The number of fused-ring (bicyclic) bond motifs is 1. The number of methoxy groups -OCH3 is 1. The largest absolute Gasteiger partial charge is 0.497 e. The SMILES string of the molecule is COc1ccc2[nH]cc(CCNC(=O)CN)c2c1.Cl. The van der Waals surface area contributed by atoms with Crippen LogP contribution >= 0.6 is 12.4 Å². The molecule has 0 bridgehead atoms. The number of aromatic nitrogens is 1. The van der Waals surface area contributed by atoms with Gasteiger partial charge in [-0.3, -0.25) is 4.79 Å². The van der Waals surface area contributed by atoms with Crippen molar-refractivity contribution in [3.63, 3.8) is 0 Å². The van der Waals surface area contributed by atoms with Crippen LogP contribution < -0.4 is 15.8 Å². The molecular weight excluding hydrogens is 266 g/mol. The fraction of sp³-hybridized carbons (Fsp3) is 0.308. The summed E-state index contributed by atoms with van der Waals surface area (Å²) in [5.74, 6) is 0.696. The Balaban J connectivity index is 0.00000180. The van der Waals surface area contributed by atoms with Crippen LogP contribution in [-0.4, -0.2) is 31.1 Å². The van der Waals surface area contributed by atoms with Crippen LogP contribution in [0.5, 0.6) is 5.75 Å². The number of carbonyl (C=O) groups excluding carboxylic acids is 1. The van der Waals surface area contributed by atoms with E-state index < -0.39 is 0 Å². The summed E-state index contributed by atoms with van der Waals surface area (Å²) in [6, 6.07) is 5.89. The van der Waals surface area contributed by atoms with Crippen LogP contribution in [0.25, 0.3) is 10.9 Å². The number of amides is 1. The molecule has 0 aliphatic rings. The van der Waals surface area contributed by atoms with Gasteiger partial charge < -0.3 is 20.8 Å². The molecule has 1 amide bonds. The number of nitrogens with one attached hydrogen (secondary N) is 2. The molecule has 4 N–H and O–H groups in total. The van der Waals surface area contributed by atoms with Crippen molar-refractivity contribution in [3.05, 3.63) is 30.0 Å². The highest BCUT2D eigenvalue weighted by Gasteiger charge is 2.05. The third-order valence-electron chi connectivity index (χ3n) is 2.88. The van der Waals surface area contributed by atoms with Gasteiger partial charge in [0.05, 0.1) is 13.7 Å². The number of hydrogen-bond donors (Lipinski definition) is 3. The molecule has 5 nitrogen and oxygen atoms in total. The Hall–Kier alpha value is -1.72. The third kappa shape index (κ3) is 3.62. The highest BCUT2D eigenvalue weighted by molar-refractivity contribution is 5.85. The molecule has 1 aromatic carbocycles. The first-order valence-corrected chi connectivity index (χ1v) is 5.85. The molecule has 2 aromatic rings. The van der Waals surface area contributed by atoms with Crippen LogP contribution in [0.2, 0.25) is 0 Å². The summed E-state index contributed by atoms with van der Waals surface area (Å²) in [5, 5.41) is 3.88. The first-order chi connectivity index (χ1) is 8.74. The minimum atomic E-state index is -0.132. The van der Waals surface area contributed by atoms with Crippen molar-refractivity contribution in [1.29, 1.82) is 0 Å². The maximum absolute atomic E-state index is 11.0. The van der Waals surface area contributed by atoms with Gasteiger partial charge in [-0.15, -0.1) is 12.4 Å². The zero-order valence-electron chi connectivity index (χ0n) is 10.7. The number of carbonyl (C=O) groups is 1. The van der Waals surface area contributed by atoms with Gasteiger partial charge in [0.25, 0.3) is 0 Å². The van der Waals surface area contributed by atoms with Crippen molar-refractivity contribution >= 4 is 29.2 Å². The summed E-state index contributed by atoms with van der Waals surface area (Å²) in [5.41, 5.74) is 7.44. The predicted molar refractivity (Wildman–Crippen MR) is 77.9 cm³/mol. The number of halogens is 1. The third-order valence-corrected chi connectivity index (χ3v) is 2.88. The van der Waals surface area contributed by atoms with Gasteiger partial charge in [0.2, 0.25) is 5.91 Å². The van der Waals surface area contributed by atoms with Crippen molar-refractivity contribution in [2.75, 3.05) is 20.2 Å². The lowest BCUT2D eigenvalue weighted by Crippen LogP contribution is -2.31. The van der Waals surface area contributed by atoms with E-state index in [-0.39, 0.29) is 24.9 Å². The number of ether oxygens (including phenoxy) is 1. The van der Waals surface area contributed by atoms with E-state index in [2.05, 4.69) is 10.3 Å². The van der Waals surface area contributed by atoms with E-state index in [1.807, 2.05) is 24.4 Å². The second kappa shape index (κ2) is 7.01. The summed E-state index contributed by atoms with van der Waals surface area (Å²) in [6.07, 6.45) is 2.72. The van der Waals surface area contributed by atoms with E-state index in [1.165, 1.54) is 0 Å². The lowest BCUT2D eigenvalue weighted by molar-refractivity contribution is -0.119. The standard InChI is InChI=1S/C13H17N3O2.ClH/c1-18-10-2-3-12-11(6-10)9(8-16-12)4-5-15-13(17)7-14;/h2-3,6,8,16H,4-5,7,14H2,1H3,(H,15,17);1H. The Kier molecular flexibility index (Phi) is 5.66. The summed E-state index contributed by atoms with van der Waals surface area (Å²) in [7, 11) is 1.65. The second-order valence-corrected chi connectivity index (χ2v) is 4.03. The van der Waals surface area contributed by atoms with E-state index in [0.717, 1.165) is 28.6 Å². The fourth-order valence-electron chi connectivity index (χ4n) is 1.90. The van der Waals surface area contributed by atoms with E-state index >= 15 is 0 Å². The van der Waals surface area contributed by atoms with E-state index in [0.29, 0.717) is 6.54 Å². The molecule has 19 heavy (non-hydrogen) atoms. The molecule has 1 heterocycles. The minimum Gasteiger partial charge on any atom is -0.497 e. The van der Waals surface area contributed by atoms with Crippen molar-refractivity contribution in [3.8, 4) is 5.75 Å². The van der Waals surface area contributed by atoms with Crippen LogP contribution in [0.15, 0.2) is 24.4 Å². The summed E-state index contributed by atoms with van der Waals surface area (Å²) in [6.45, 7) is 0.613. The molecular formula is C13H18ClN3O2. The molecule has 2 rings (SSSR count). The first-order valence-electron chi connectivity index (χ1n) is 5.85. The van der Waals surface area contributed by atoms with Crippen molar-refractivity contribution in [2.24, 2.45) is 5.73 Å². The van der Waals surface area contributed by atoms with Gasteiger partial charge in [0.15, 0.2) is 0 Å². The normalized spacial score (nSPS) is 10.0. The topological polar surface area (TPSA) is 80.1 Å². The van der Waals surface area contributed by atoms with Crippen LogP contribution in [0.4, 0.5) is 0 Å². The number of H-pyrrole nitrogens is 1. The number of rotatable bonds is 5. The maximum atomic E-state index is 11.0. The lowest BCUT2D eigenvalue weighted by Gasteiger charge is -2.03. The van der Waals surface area contributed by atoms with Gasteiger partial charge in [-0.2, -0.15) is 0 Å². The van der Waals surface area contributed by atoms with Gasteiger partial charge in [0, 0.05) is 23.6 Å². The smallest absolute Gasteiger partial charge is 0.233 e. The first kappa shape index (κ1) is 15.3. The van der Waals surface area contributed by atoms with Gasteiger partial charge >= 0.3 is 0 Å². The van der Waals surface area contributed by atoms with E-state index in [4.69, 9.17) is 10.5 Å². The molecule has 0 saturated heterocycles. The molecule has 0 unspecified atom stereocenters. The molecule has 1 aromatic heterocycles. The average molecular weight is 284 g/mol. The quantitative estimate of drug-likeness (QED) is 0.772. The van der Waals surface area contributed by atoms with Gasteiger partial charge in [-0.05, 0) is 30.2 Å². The molecule has 0 atom stereocenters. The Labute approximate surface area is 117 Å². The van der Waals surface area contributed by atoms with Crippen molar-refractivity contribution in [2.45, 2.75) is 6.42 Å². The number of aromatic amines is 1. The van der Waals surface area contributed by atoms with Crippen molar-refractivity contribution in [1.82, 2.24) is 10.3 Å². The molecule has 0 spiro atoms. The highest BCUT2D eigenvalue weighted by Crippen LogP contribution is 2.23. The molecule has 6 heteroatoms. The Morgan fingerprint density at radius 3 is 2.95 bits per heavy atom. The molecule has 104 valence electrons. The predicted octanol–water partition coefficient (Wildman–Crippen LogP) is 1.22. The van der Waals surface area contributed by atoms with Gasteiger partial charge in [-0.1, -0.05) is 0 Å². The second-order valence-electron chi connectivity index (χ2n) is 4.03. The average Bonchev–Trinajstić information content (AvgIpc) is 2.81. The zero-order valence-corrected chi connectivity index (χ0v) is 11.5. The Morgan fingerprint density at radius 1 is 1.47 bits per heavy atom.